The van der Waals surface area contributed by atoms with Crippen LogP contribution in [-0.2, 0) is 11.2 Å². The minimum atomic E-state index is -0.150. The van der Waals surface area contributed by atoms with E-state index in [4.69, 9.17) is 17.0 Å². The van der Waals surface area contributed by atoms with Gasteiger partial charge in [-0.25, -0.2) is 0 Å². The van der Waals surface area contributed by atoms with Gasteiger partial charge in [-0.3, -0.25) is 4.79 Å². The summed E-state index contributed by atoms with van der Waals surface area (Å²) >= 11 is 6.23. The number of nitrogens with one attached hydrogen (secondary N) is 1. The Morgan fingerprint density at radius 3 is 2.84 bits per heavy atom. The van der Waals surface area contributed by atoms with Crippen LogP contribution < -0.4 is 10.1 Å². The van der Waals surface area contributed by atoms with Crippen molar-refractivity contribution in [3.05, 3.63) is 46.9 Å². The Hall–Kier alpha value is -1.59. The van der Waals surface area contributed by atoms with Crippen LogP contribution in [0.15, 0.2) is 35.8 Å². The van der Waals surface area contributed by atoms with Gasteiger partial charge in [0.25, 0.3) is 5.91 Å². The number of carbonyl (C=O) groups excluding carboxylic acids is 1. The van der Waals surface area contributed by atoms with E-state index in [1.807, 2.05) is 30.4 Å². The number of carbonyl (C=O) groups is 1. The number of hydrogen-bond acceptors (Lipinski definition) is 4. The fourth-order valence-corrected chi connectivity index (χ4v) is 2.79. The molecule has 98 valence electrons. The van der Waals surface area contributed by atoms with E-state index in [1.54, 1.807) is 7.11 Å². The fourth-order valence-electron chi connectivity index (χ4n) is 1.74. The number of methoxy groups -OCH3 is 1. The largest absolute Gasteiger partial charge is 0.497 e. The predicted molar refractivity (Wildman–Crippen MR) is 83.2 cm³/mol. The molecule has 1 aliphatic rings. The van der Waals surface area contributed by atoms with Gasteiger partial charge in [0.1, 0.15) is 10.1 Å². The Balaban J connectivity index is 2.36. The van der Waals surface area contributed by atoms with Crippen molar-refractivity contribution in [3.63, 3.8) is 0 Å². The van der Waals surface area contributed by atoms with Gasteiger partial charge >= 0.3 is 0 Å². The number of ether oxygens (including phenoxy) is 1. The summed E-state index contributed by atoms with van der Waals surface area (Å²) in [6.45, 7) is 3.72. The summed E-state index contributed by atoms with van der Waals surface area (Å²) in [6, 6.07) is 5.84. The highest BCUT2D eigenvalue weighted by Gasteiger charge is 2.21. The zero-order valence-electron chi connectivity index (χ0n) is 10.4. The molecule has 0 bridgehead atoms. The molecule has 1 aliphatic heterocycles. The van der Waals surface area contributed by atoms with Crippen molar-refractivity contribution in [2.45, 2.75) is 6.42 Å². The van der Waals surface area contributed by atoms with Gasteiger partial charge in [-0.15, -0.1) is 6.58 Å². The van der Waals surface area contributed by atoms with E-state index >= 15 is 0 Å². The zero-order chi connectivity index (χ0) is 13.8. The quantitative estimate of drug-likeness (QED) is 0.526. The lowest BCUT2D eigenvalue weighted by Gasteiger charge is -2.05. The van der Waals surface area contributed by atoms with Gasteiger partial charge < -0.3 is 10.1 Å². The molecular weight excluding hydrogens is 278 g/mol. The monoisotopic (exact) mass is 291 g/mol. The molecular formula is C14H13NO2S2. The van der Waals surface area contributed by atoms with Crippen molar-refractivity contribution in [1.29, 1.82) is 0 Å². The molecule has 0 unspecified atom stereocenters. The van der Waals surface area contributed by atoms with E-state index in [1.165, 1.54) is 11.8 Å². The lowest BCUT2D eigenvalue weighted by Crippen LogP contribution is -2.17. The zero-order valence-corrected chi connectivity index (χ0v) is 12.1. The molecule has 1 saturated heterocycles. The average Bonchev–Trinajstić information content (AvgIpc) is 2.68. The molecule has 1 aromatic rings. The van der Waals surface area contributed by atoms with Gasteiger partial charge in [0.05, 0.1) is 12.0 Å². The van der Waals surface area contributed by atoms with Gasteiger partial charge in [0.15, 0.2) is 0 Å². The van der Waals surface area contributed by atoms with Crippen LogP contribution >= 0.6 is 24.0 Å². The molecule has 0 spiro atoms. The molecule has 1 aromatic carbocycles. The van der Waals surface area contributed by atoms with Crippen LogP contribution in [0.1, 0.15) is 11.1 Å². The van der Waals surface area contributed by atoms with E-state index in [9.17, 15) is 4.79 Å². The SMILES string of the molecule is C=CCc1cc(/C=C2\SC(=S)NC2=O)cc(OC)c1. The smallest absolute Gasteiger partial charge is 0.263 e. The van der Waals surface area contributed by atoms with Crippen molar-refractivity contribution in [2.24, 2.45) is 0 Å². The summed E-state index contributed by atoms with van der Waals surface area (Å²) in [4.78, 5) is 12.2. The van der Waals surface area contributed by atoms with Gasteiger partial charge in [-0.1, -0.05) is 36.1 Å². The first-order valence-corrected chi connectivity index (χ1v) is 6.88. The first-order valence-electron chi connectivity index (χ1n) is 5.66. The third-order valence-corrected chi connectivity index (χ3v) is 3.71. The molecule has 0 aromatic heterocycles. The molecule has 0 radical (unpaired) electrons. The molecule has 19 heavy (non-hydrogen) atoms. The molecule has 1 fully saturated rings. The van der Waals surface area contributed by atoms with Crippen LogP contribution in [0.4, 0.5) is 0 Å². The summed E-state index contributed by atoms with van der Waals surface area (Å²) in [5.41, 5.74) is 2.01. The summed E-state index contributed by atoms with van der Waals surface area (Å²) in [7, 11) is 1.62. The predicted octanol–water partition coefficient (Wildman–Crippen LogP) is 2.91. The second-order valence-electron chi connectivity index (χ2n) is 3.96. The third-order valence-electron chi connectivity index (χ3n) is 2.54. The summed E-state index contributed by atoms with van der Waals surface area (Å²) in [5.74, 6) is 0.611. The number of allylic oxidation sites excluding steroid dienone is 1. The van der Waals surface area contributed by atoms with E-state index in [2.05, 4.69) is 11.9 Å². The maximum atomic E-state index is 11.6. The Kier molecular flexibility index (Phi) is 4.39. The van der Waals surface area contributed by atoms with Crippen LogP contribution in [0.25, 0.3) is 6.08 Å². The van der Waals surface area contributed by atoms with Gasteiger partial charge in [-0.2, -0.15) is 0 Å². The van der Waals surface area contributed by atoms with Crippen LogP contribution in [0.2, 0.25) is 0 Å². The summed E-state index contributed by atoms with van der Waals surface area (Å²) in [5, 5.41) is 2.60. The molecule has 5 heteroatoms. The number of hydrogen-bond donors (Lipinski definition) is 1. The summed E-state index contributed by atoms with van der Waals surface area (Å²) in [6.07, 6.45) is 4.40. The van der Waals surface area contributed by atoms with Crippen molar-refractivity contribution in [3.8, 4) is 5.75 Å². The topological polar surface area (TPSA) is 38.3 Å². The standard InChI is InChI=1S/C14H13NO2S2/c1-3-4-9-5-10(7-11(6-9)17-2)8-12-13(16)15-14(18)19-12/h3,5-8H,1,4H2,2H3,(H,15,16,18)/b12-8-. The Bertz CT molecular complexity index is 579. The maximum absolute atomic E-state index is 11.6. The van der Waals surface area contributed by atoms with Crippen LogP contribution in [0.3, 0.4) is 0 Å². The van der Waals surface area contributed by atoms with E-state index < -0.39 is 0 Å². The Morgan fingerprint density at radius 1 is 1.47 bits per heavy atom. The highest BCUT2D eigenvalue weighted by Crippen LogP contribution is 2.27. The molecule has 0 saturated carbocycles. The van der Waals surface area contributed by atoms with Crippen molar-refractivity contribution < 1.29 is 9.53 Å². The molecule has 0 aliphatic carbocycles. The maximum Gasteiger partial charge on any atom is 0.263 e. The molecule has 1 N–H and O–H groups in total. The fraction of sp³-hybridized carbons (Fsp3) is 0.143. The third kappa shape index (κ3) is 3.45. The first kappa shape index (κ1) is 13.8. The lowest BCUT2D eigenvalue weighted by atomic mass is 10.1. The first-order chi connectivity index (χ1) is 9.12. The molecule has 2 rings (SSSR count). The average molecular weight is 291 g/mol. The number of thioether (sulfide) groups is 1. The summed E-state index contributed by atoms with van der Waals surface area (Å²) < 4.78 is 5.75. The highest BCUT2D eigenvalue weighted by atomic mass is 32.2. The Morgan fingerprint density at radius 2 is 2.26 bits per heavy atom. The van der Waals surface area contributed by atoms with Gasteiger partial charge in [0.2, 0.25) is 0 Å². The number of rotatable bonds is 4. The Labute approximate surface area is 121 Å². The van der Waals surface area contributed by atoms with Crippen LogP contribution in [0, 0.1) is 0 Å². The van der Waals surface area contributed by atoms with Crippen LogP contribution in [-0.4, -0.2) is 17.3 Å². The van der Waals surface area contributed by atoms with Crippen molar-refractivity contribution >= 4 is 40.3 Å². The number of benzene rings is 1. The van der Waals surface area contributed by atoms with Gasteiger partial charge in [0, 0.05) is 0 Å². The second-order valence-corrected chi connectivity index (χ2v) is 5.68. The van der Waals surface area contributed by atoms with Crippen molar-refractivity contribution in [1.82, 2.24) is 5.32 Å². The normalized spacial score (nSPS) is 16.6. The van der Waals surface area contributed by atoms with E-state index in [-0.39, 0.29) is 5.91 Å². The number of thiocarbonyl (C=S) groups is 1. The molecule has 1 heterocycles. The van der Waals surface area contributed by atoms with E-state index in [0.717, 1.165) is 23.3 Å². The number of amides is 1. The van der Waals surface area contributed by atoms with E-state index in [0.29, 0.717) is 9.23 Å². The van der Waals surface area contributed by atoms with Crippen molar-refractivity contribution in [2.75, 3.05) is 7.11 Å². The molecule has 1 amide bonds. The second kappa shape index (κ2) is 6.04. The van der Waals surface area contributed by atoms with Gasteiger partial charge in [-0.05, 0) is 35.8 Å². The minimum absolute atomic E-state index is 0.150. The highest BCUT2D eigenvalue weighted by molar-refractivity contribution is 8.26. The lowest BCUT2D eigenvalue weighted by molar-refractivity contribution is -0.115. The minimum Gasteiger partial charge on any atom is -0.497 e. The van der Waals surface area contributed by atoms with Crippen LogP contribution in [0.5, 0.6) is 5.75 Å². The molecule has 0 atom stereocenters. The molecule has 3 nitrogen and oxygen atoms in total.